The summed E-state index contributed by atoms with van der Waals surface area (Å²) in [7, 11) is -2.28. The molecule has 0 saturated carbocycles. The minimum Gasteiger partial charge on any atom is -0.493 e. The third-order valence-electron chi connectivity index (χ3n) is 6.12. The fraction of sp³-hybridized carbons (Fsp3) is 0.346. The topological polar surface area (TPSA) is 76.2 Å². The highest BCUT2D eigenvalue weighted by Gasteiger charge is 2.35. The van der Waals surface area contributed by atoms with Crippen molar-refractivity contribution in [3.63, 3.8) is 0 Å². The normalized spacial score (nSPS) is 15.6. The van der Waals surface area contributed by atoms with Gasteiger partial charge < -0.3 is 14.4 Å². The highest BCUT2D eigenvalue weighted by Crippen LogP contribution is 2.35. The van der Waals surface area contributed by atoms with Crippen LogP contribution in [0.4, 0.5) is 0 Å². The molecule has 2 aromatic carbocycles. The quantitative estimate of drug-likeness (QED) is 0.356. The zero-order valence-corrected chi connectivity index (χ0v) is 22.6. The highest BCUT2D eigenvalue weighted by molar-refractivity contribution is 7.89. The van der Waals surface area contributed by atoms with E-state index in [1.165, 1.54) is 33.4 Å². The molecule has 1 aliphatic rings. The van der Waals surface area contributed by atoms with Gasteiger partial charge in [0.05, 0.1) is 24.6 Å². The standard InChI is InChI=1S/C26H29ClN2O5S2/c1-3-14-28(36(31,32)20-10-8-19(27)9-11-20)17-26(30)29-15-12-25-21(13-16-35-25)22(29)18-34-24-7-5-4-6-23(24)33-2/h4-11,13,16,22H,3,12,14-15,17-18H2,1-2H3/t22-/m1/s1. The molecule has 0 radical (unpaired) electrons. The molecule has 4 rings (SSSR count). The number of thiophene rings is 1. The van der Waals surface area contributed by atoms with Crippen LogP contribution < -0.4 is 9.47 Å². The first-order chi connectivity index (χ1) is 17.3. The van der Waals surface area contributed by atoms with Crippen LogP contribution in [0, 0.1) is 0 Å². The Kier molecular flexibility index (Phi) is 8.56. The lowest BCUT2D eigenvalue weighted by Crippen LogP contribution is -2.48. The van der Waals surface area contributed by atoms with E-state index in [0.29, 0.717) is 29.5 Å². The monoisotopic (exact) mass is 548 g/mol. The molecule has 0 spiro atoms. The number of ether oxygens (including phenoxy) is 2. The van der Waals surface area contributed by atoms with Crippen LogP contribution in [0.25, 0.3) is 0 Å². The van der Waals surface area contributed by atoms with Crippen LogP contribution in [-0.4, -0.2) is 56.9 Å². The van der Waals surface area contributed by atoms with E-state index in [9.17, 15) is 13.2 Å². The summed E-state index contributed by atoms with van der Waals surface area (Å²) in [6.45, 7) is 2.60. The zero-order valence-electron chi connectivity index (χ0n) is 20.2. The van der Waals surface area contributed by atoms with Crippen molar-refractivity contribution in [1.29, 1.82) is 0 Å². The maximum atomic E-state index is 13.6. The zero-order chi connectivity index (χ0) is 25.7. The molecule has 1 amide bonds. The highest BCUT2D eigenvalue weighted by atomic mass is 35.5. The Balaban J connectivity index is 1.57. The SMILES string of the molecule is CCCN(CC(=O)N1CCc2sccc2[C@H]1COc1ccccc1OC)S(=O)(=O)c1ccc(Cl)cc1. The number of hydrogen-bond acceptors (Lipinski definition) is 6. The summed E-state index contributed by atoms with van der Waals surface area (Å²) in [6, 6.07) is 15.1. The molecule has 36 heavy (non-hydrogen) atoms. The van der Waals surface area contributed by atoms with Gasteiger partial charge in [0.2, 0.25) is 15.9 Å². The number of sulfonamides is 1. The lowest BCUT2D eigenvalue weighted by Gasteiger charge is -2.37. The summed E-state index contributed by atoms with van der Waals surface area (Å²) in [5.41, 5.74) is 1.04. The van der Waals surface area contributed by atoms with Crippen molar-refractivity contribution in [2.75, 3.05) is 33.4 Å². The van der Waals surface area contributed by atoms with Crippen LogP contribution >= 0.6 is 22.9 Å². The third-order valence-corrected chi connectivity index (χ3v) is 9.22. The number of amides is 1. The first kappa shape index (κ1) is 26.5. The number of carbonyl (C=O) groups excluding carboxylic acids is 1. The number of methoxy groups -OCH3 is 1. The molecule has 192 valence electrons. The molecule has 1 atom stereocenters. The van der Waals surface area contributed by atoms with Gasteiger partial charge in [0, 0.05) is 23.0 Å². The van der Waals surface area contributed by atoms with Crippen molar-refractivity contribution < 1.29 is 22.7 Å². The molecule has 0 N–H and O–H groups in total. The minimum absolute atomic E-state index is 0.114. The molecule has 10 heteroatoms. The molecule has 7 nitrogen and oxygen atoms in total. The number of halogens is 1. The van der Waals surface area contributed by atoms with Gasteiger partial charge in [-0.25, -0.2) is 8.42 Å². The Bertz CT molecular complexity index is 1290. The van der Waals surface area contributed by atoms with E-state index in [4.69, 9.17) is 21.1 Å². The van der Waals surface area contributed by atoms with E-state index in [0.717, 1.165) is 12.0 Å². The molecular formula is C26H29ClN2O5S2. The Hall–Kier alpha value is -2.59. The molecule has 3 aromatic rings. The first-order valence-corrected chi connectivity index (χ1v) is 14.4. The van der Waals surface area contributed by atoms with Crippen LogP contribution in [0.1, 0.15) is 29.8 Å². The second kappa shape index (κ2) is 11.6. The Morgan fingerprint density at radius 1 is 1.14 bits per heavy atom. The number of benzene rings is 2. The maximum Gasteiger partial charge on any atom is 0.243 e. The molecule has 0 aliphatic carbocycles. The lowest BCUT2D eigenvalue weighted by molar-refractivity contribution is -0.135. The van der Waals surface area contributed by atoms with Crippen LogP contribution in [0.15, 0.2) is 64.9 Å². The number of fused-ring (bicyclic) bond motifs is 1. The van der Waals surface area contributed by atoms with Gasteiger partial charge in [0.1, 0.15) is 6.61 Å². The smallest absolute Gasteiger partial charge is 0.243 e. The second-order valence-electron chi connectivity index (χ2n) is 8.41. The van der Waals surface area contributed by atoms with Crippen molar-refractivity contribution in [1.82, 2.24) is 9.21 Å². The molecule has 1 aromatic heterocycles. The number of carbonyl (C=O) groups is 1. The van der Waals surface area contributed by atoms with E-state index in [-0.39, 0.29) is 36.5 Å². The van der Waals surface area contributed by atoms with Crippen molar-refractivity contribution in [3.05, 3.63) is 75.4 Å². The fourth-order valence-electron chi connectivity index (χ4n) is 4.31. The first-order valence-electron chi connectivity index (χ1n) is 11.7. The number of hydrogen-bond donors (Lipinski definition) is 0. The third kappa shape index (κ3) is 5.70. The van der Waals surface area contributed by atoms with E-state index in [2.05, 4.69) is 0 Å². The van der Waals surface area contributed by atoms with Crippen LogP contribution in [-0.2, 0) is 21.2 Å². The van der Waals surface area contributed by atoms with Gasteiger partial charge in [-0.3, -0.25) is 4.79 Å². The van der Waals surface area contributed by atoms with E-state index in [1.807, 2.05) is 42.6 Å². The minimum atomic E-state index is -3.86. The van der Waals surface area contributed by atoms with Crippen LogP contribution in [0.5, 0.6) is 11.5 Å². The van der Waals surface area contributed by atoms with Gasteiger partial charge in [-0.1, -0.05) is 30.7 Å². The van der Waals surface area contributed by atoms with Crippen LogP contribution in [0.2, 0.25) is 5.02 Å². The van der Waals surface area contributed by atoms with Crippen LogP contribution in [0.3, 0.4) is 0 Å². The molecule has 2 heterocycles. The molecular weight excluding hydrogens is 520 g/mol. The Morgan fingerprint density at radius 2 is 1.86 bits per heavy atom. The van der Waals surface area contributed by atoms with Crippen molar-refractivity contribution in [3.8, 4) is 11.5 Å². The summed E-state index contributed by atoms with van der Waals surface area (Å²) in [5.74, 6) is 0.944. The number of nitrogens with zero attached hydrogens (tertiary/aromatic N) is 2. The van der Waals surface area contributed by atoms with Crippen molar-refractivity contribution in [2.24, 2.45) is 0 Å². The summed E-state index contributed by atoms with van der Waals surface area (Å²) < 4.78 is 39.5. The summed E-state index contributed by atoms with van der Waals surface area (Å²) >= 11 is 7.60. The van der Waals surface area contributed by atoms with Crippen molar-refractivity contribution in [2.45, 2.75) is 30.7 Å². The van der Waals surface area contributed by atoms with Gasteiger partial charge >= 0.3 is 0 Å². The van der Waals surface area contributed by atoms with E-state index < -0.39 is 10.0 Å². The lowest BCUT2D eigenvalue weighted by atomic mass is 10.0. The predicted octanol–water partition coefficient (Wildman–Crippen LogP) is 5.02. The van der Waals surface area contributed by atoms with Gasteiger partial charge in [0.25, 0.3) is 0 Å². The molecule has 0 bridgehead atoms. The summed E-state index contributed by atoms with van der Waals surface area (Å²) in [6.07, 6.45) is 1.30. The van der Waals surface area contributed by atoms with Gasteiger partial charge in [-0.15, -0.1) is 11.3 Å². The van der Waals surface area contributed by atoms with Crippen molar-refractivity contribution >= 4 is 38.9 Å². The largest absolute Gasteiger partial charge is 0.493 e. The molecule has 0 fully saturated rings. The molecule has 0 unspecified atom stereocenters. The predicted molar refractivity (Wildman–Crippen MR) is 141 cm³/mol. The van der Waals surface area contributed by atoms with Gasteiger partial charge in [-0.2, -0.15) is 4.31 Å². The Morgan fingerprint density at radius 3 is 2.56 bits per heavy atom. The number of para-hydroxylation sites is 2. The molecule has 0 saturated heterocycles. The second-order valence-corrected chi connectivity index (χ2v) is 11.8. The van der Waals surface area contributed by atoms with E-state index >= 15 is 0 Å². The van der Waals surface area contributed by atoms with Gasteiger partial charge in [-0.05, 0) is 66.2 Å². The Labute approximate surface area is 221 Å². The average molecular weight is 549 g/mol. The molecule has 1 aliphatic heterocycles. The summed E-state index contributed by atoms with van der Waals surface area (Å²) in [4.78, 5) is 16.7. The summed E-state index contributed by atoms with van der Waals surface area (Å²) in [5, 5.41) is 2.47. The maximum absolute atomic E-state index is 13.6. The fourth-order valence-corrected chi connectivity index (χ4v) is 6.85. The average Bonchev–Trinajstić information content (AvgIpc) is 3.36. The number of rotatable bonds is 10. The van der Waals surface area contributed by atoms with Gasteiger partial charge in [0.15, 0.2) is 11.5 Å². The van der Waals surface area contributed by atoms with E-state index in [1.54, 1.807) is 23.3 Å².